The number of rotatable bonds is 4. The maximum absolute atomic E-state index is 14.2. The lowest BCUT2D eigenvalue weighted by molar-refractivity contribution is -0.137. The highest BCUT2D eigenvalue weighted by molar-refractivity contribution is 5.53. The molecule has 2 N–H and O–H groups in total. The molecule has 1 aromatic carbocycles. The number of aromatic amines is 2. The average Bonchev–Trinajstić information content (AvgIpc) is 2.48. The van der Waals surface area contributed by atoms with Gasteiger partial charge in [0.05, 0.1) is 23.0 Å². The zero-order valence-corrected chi connectivity index (χ0v) is 14.0. The molecule has 3 rings (SSSR count). The van der Waals surface area contributed by atoms with E-state index in [1.165, 1.54) is 6.07 Å². The van der Waals surface area contributed by atoms with Crippen LogP contribution in [0.15, 0.2) is 35.3 Å². The number of nitrogens with one attached hydrogen (secondary N) is 2. The molecule has 0 spiro atoms. The summed E-state index contributed by atoms with van der Waals surface area (Å²) in [5.41, 5.74) is -0.160. The minimum Gasteiger partial charge on any atom is -0.311 e. The molecule has 0 saturated carbocycles. The number of hydrogen-bond acceptors (Lipinski definition) is 2. The molecule has 5 nitrogen and oxygen atoms in total. The zero-order chi connectivity index (χ0) is 19.1. The van der Waals surface area contributed by atoms with Crippen LogP contribution in [-0.2, 0) is 6.18 Å². The number of halogens is 4. The number of hydrogen-bond donors (Lipinski definition) is 2. The highest BCUT2D eigenvalue weighted by atomic mass is 19.4. The second-order valence-corrected chi connectivity index (χ2v) is 5.94. The van der Waals surface area contributed by atoms with Crippen LogP contribution in [0.1, 0.15) is 36.3 Å². The van der Waals surface area contributed by atoms with Crippen LogP contribution < -0.4 is 5.56 Å². The molecule has 26 heavy (non-hydrogen) atoms. The smallest absolute Gasteiger partial charge is 0.311 e. The molecule has 138 valence electrons. The lowest BCUT2D eigenvalue weighted by Gasteiger charge is -2.25. The van der Waals surface area contributed by atoms with Crippen molar-refractivity contribution in [3.63, 3.8) is 0 Å². The molecule has 0 radical (unpaired) electrons. The number of aryl methyl sites for hydroxylation is 1. The van der Waals surface area contributed by atoms with Crippen molar-refractivity contribution in [2.45, 2.75) is 32.5 Å². The van der Waals surface area contributed by atoms with Gasteiger partial charge in [-0.2, -0.15) is 13.2 Å². The molecule has 3 aromatic rings. The van der Waals surface area contributed by atoms with Crippen LogP contribution in [0.3, 0.4) is 0 Å². The van der Waals surface area contributed by atoms with Crippen molar-refractivity contribution in [3.8, 4) is 11.4 Å². The molecular formula is C17H16F4N4O. The van der Waals surface area contributed by atoms with Gasteiger partial charge in [0.15, 0.2) is 0 Å². The van der Waals surface area contributed by atoms with Gasteiger partial charge in [0.2, 0.25) is 0 Å². The quantitative estimate of drug-likeness (QED) is 0.683. The van der Waals surface area contributed by atoms with Crippen LogP contribution in [0.25, 0.3) is 11.4 Å². The van der Waals surface area contributed by atoms with E-state index in [4.69, 9.17) is 0 Å². The van der Waals surface area contributed by atoms with Crippen molar-refractivity contribution in [2.24, 2.45) is 0 Å². The maximum atomic E-state index is 14.2. The Kier molecular flexibility index (Phi) is 4.47. The Hall–Kier alpha value is -2.84. The summed E-state index contributed by atoms with van der Waals surface area (Å²) >= 11 is 0. The first kappa shape index (κ1) is 18.0. The third kappa shape index (κ3) is 3.42. The van der Waals surface area contributed by atoms with Gasteiger partial charge in [-0.25, -0.2) is 9.37 Å². The van der Waals surface area contributed by atoms with Gasteiger partial charge in [0.25, 0.3) is 5.56 Å². The topological polar surface area (TPSA) is 66.5 Å². The first-order valence-electron chi connectivity index (χ1n) is 7.91. The summed E-state index contributed by atoms with van der Waals surface area (Å²) in [6, 6.07) is 3.35. The summed E-state index contributed by atoms with van der Waals surface area (Å²) in [5, 5.41) is 2.96. The van der Waals surface area contributed by atoms with E-state index in [2.05, 4.69) is 15.1 Å². The fourth-order valence-corrected chi connectivity index (χ4v) is 2.82. The predicted octanol–water partition coefficient (Wildman–Crippen LogP) is 4.03. The van der Waals surface area contributed by atoms with Crippen LogP contribution >= 0.6 is 0 Å². The molecule has 0 aliphatic heterocycles. The molecule has 0 bridgehead atoms. The molecule has 2 aromatic heterocycles. The van der Waals surface area contributed by atoms with E-state index in [1.54, 1.807) is 24.7 Å². The molecular weight excluding hydrogens is 352 g/mol. The first-order chi connectivity index (χ1) is 12.2. The van der Waals surface area contributed by atoms with Gasteiger partial charge < -0.3 is 4.98 Å². The molecule has 0 aliphatic rings. The number of H-pyrrole nitrogens is 2. The van der Waals surface area contributed by atoms with E-state index in [1.807, 2.05) is 0 Å². The van der Waals surface area contributed by atoms with E-state index >= 15 is 0 Å². The minimum absolute atomic E-state index is 0.151. The summed E-state index contributed by atoms with van der Waals surface area (Å²) < 4.78 is 53.9. The molecule has 2 heterocycles. The van der Waals surface area contributed by atoms with E-state index in [0.29, 0.717) is 29.7 Å². The van der Waals surface area contributed by atoms with Crippen LogP contribution in [0.5, 0.6) is 0 Å². The van der Waals surface area contributed by atoms with E-state index in [0.717, 1.165) is 12.1 Å². The molecule has 0 aliphatic carbocycles. The van der Waals surface area contributed by atoms with Crippen LogP contribution in [0.4, 0.5) is 17.6 Å². The second kappa shape index (κ2) is 6.47. The van der Waals surface area contributed by atoms with Crippen molar-refractivity contribution < 1.29 is 17.6 Å². The summed E-state index contributed by atoms with van der Waals surface area (Å²) in [5.74, 6) is -0.463. The first-order valence-corrected chi connectivity index (χ1v) is 7.91. The third-order valence-corrected chi connectivity index (χ3v) is 4.06. The van der Waals surface area contributed by atoms with Crippen molar-refractivity contribution in [1.29, 1.82) is 0 Å². The van der Waals surface area contributed by atoms with Crippen molar-refractivity contribution >= 4 is 0 Å². The molecule has 1 atom stereocenters. The van der Waals surface area contributed by atoms with Gasteiger partial charge in [-0.1, -0.05) is 13.0 Å². The highest BCUT2D eigenvalue weighted by Crippen LogP contribution is 2.33. The number of aromatic nitrogens is 4. The largest absolute Gasteiger partial charge is 0.416 e. The normalized spacial score (nSPS) is 13.2. The van der Waals surface area contributed by atoms with Crippen LogP contribution in [0, 0.1) is 12.7 Å². The minimum atomic E-state index is -4.59. The Balaban J connectivity index is 1.90. The Morgan fingerprint density at radius 3 is 2.50 bits per heavy atom. The Morgan fingerprint density at radius 2 is 1.96 bits per heavy atom. The van der Waals surface area contributed by atoms with Crippen molar-refractivity contribution in [1.82, 2.24) is 19.7 Å². The maximum Gasteiger partial charge on any atom is 0.416 e. The Morgan fingerprint density at radius 1 is 1.27 bits per heavy atom. The zero-order valence-electron chi connectivity index (χ0n) is 14.0. The van der Waals surface area contributed by atoms with E-state index < -0.39 is 23.6 Å². The van der Waals surface area contributed by atoms with Crippen molar-refractivity contribution in [2.75, 3.05) is 0 Å². The predicted molar refractivity (Wildman–Crippen MR) is 87.2 cm³/mol. The van der Waals surface area contributed by atoms with E-state index in [-0.39, 0.29) is 11.1 Å². The van der Waals surface area contributed by atoms with Gasteiger partial charge in [-0.15, -0.1) is 0 Å². The van der Waals surface area contributed by atoms with Gasteiger partial charge in [-0.3, -0.25) is 14.6 Å². The van der Waals surface area contributed by atoms with E-state index in [9.17, 15) is 22.4 Å². The second-order valence-electron chi connectivity index (χ2n) is 5.94. The van der Waals surface area contributed by atoms with Crippen LogP contribution in [-0.4, -0.2) is 19.7 Å². The standard InChI is InChI=1S/C17H16F4N4O/c1-3-15(11-5-4-10(6-12(11)18)17(19,20)21)25-8-14(24-25)13-7-16(26)23-9(2)22-13/h4-8,15,24H,3H2,1-2H3,(H,22,23,26). The van der Waals surface area contributed by atoms with Gasteiger partial charge in [0.1, 0.15) is 11.6 Å². The van der Waals surface area contributed by atoms with Crippen LogP contribution in [0.2, 0.25) is 0 Å². The Bertz CT molecular complexity index is 971. The number of nitrogens with zero attached hydrogens (tertiary/aromatic N) is 2. The SMILES string of the molecule is CCC(c1ccc(C(F)(F)F)cc1F)n1cc(-c2cc(=O)[nH]c(C)n2)[nH]1. The lowest BCUT2D eigenvalue weighted by Crippen LogP contribution is -2.20. The summed E-state index contributed by atoms with van der Waals surface area (Å²) in [6.07, 6.45) is -2.49. The molecule has 0 fully saturated rings. The fourth-order valence-electron chi connectivity index (χ4n) is 2.82. The summed E-state index contributed by atoms with van der Waals surface area (Å²) in [7, 11) is 0. The monoisotopic (exact) mass is 368 g/mol. The summed E-state index contributed by atoms with van der Waals surface area (Å²) in [4.78, 5) is 18.2. The fraction of sp³-hybridized carbons (Fsp3) is 0.294. The highest BCUT2D eigenvalue weighted by Gasteiger charge is 2.32. The molecule has 1 unspecified atom stereocenters. The number of benzene rings is 1. The molecule has 0 saturated heterocycles. The molecule has 9 heteroatoms. The van der Waals surface area contributed by atoms with Gasteiger partial charge in [-0.05, 0) is 25.5 Å². The van der Waals surface area contributed by atoms with Gasteiger partial charge >= 0.3 is 6.18 Å². The third-order valence-electron chi connectivity index (χ3n) is 4.06. The molecule has 0 amide bonds. The summed E-state index contributed by atoms with van der Waals surface area (Å²) in [6.45, 7) is 3.44. The van der Waals surface area contributed by atoms with Gasteiger partial charge in [0, 0.05) is 17.8 Å². The lowest BCUT2D eigenvalue weighted by atomic mass is 10.0. The number of alkyl halides is 3. The average molecular weight is 368 g/mol. The van der Waals surface area contributed by atoms with Crippen molar-refractivity contribution in [3.05, 3.63) is 63.6 Å². The Labute approximate surface area is 145 Å².